The summed E-state index contributed by atoms with van der Waals surface area (Å²) in [6.45, 7) is 0.850. The number of ketones is 1. The normalized spacial score (nSPS) is 11.1. The molecule has 1 amide bonds. The highest BCUT2D eigenvalue weighted by atomic mass is 127. The minimum atomic E-state index is -3.50. The van der Waals surface area contributed by atoms with Crippen molar-refractivity contribution in [1.82, 2.24) is 0 Å². The third kappa shape index (κ3) is 4.57. The maximum atomic E-state index is 13.6. The largest absolute Gasteiger partial charge is 0.330 e. The number of amides is 1. The van der Waals surface area contributed by atoms with E-state index < -0.39 is 11.7 Å². The summed E-state index contributed by atoms with van der Waals surface area (Å²) >= 11 is 2.16. The van der Waals surface area contributed by atoms with E-state index in [9.17, 15) is 18.4 Å². The molecule has 23 heavy (non-hydrogen) atoms. The van der Waals surface area contributed by atoms with Gasteiger partial charge in [-0.25, -0.2) is 0 Å². The fraction of sp³-hybridized carbons (Fsp3) is 0.176. The Labute approximate surface area is 146 Å². The number of hydrogen-bond donors (Lipinski definition) is 1. The molecular weight excluding hydrogens is 415 g/mol. The molecule has 3 nitrogen and oxygen atoms in total. The van der Waals surface area contributed by atoms with Crippen LogP contribution in [0.3, 0.4) is 0 Å². The monoisotopic (exact) mass is 429 g/mol. The molecule has 0 saturated carbocycles. The standard InChI is InChI=1S/C17H14F2INO2/c1-11(22)17(18,19)13-4-2-12(3-5-13)10-16(23)21-15-8-6-14(20)7-9-15/h2-9H,10H2,1H3,(H,21,23). The van der Waals surface area contributed by atoms with Crippen molar-refractivity contribution in [3.63, 3.8) is 0 Å². The summed E-state index contributed by atoms with van der Waals surface area (Å²) in [5.74, 6) is -4.94. The van der Waals surface area contributed by atoms with Gasteiger partial charge in [0.2, 0.25) is 11.7 Å². The van der Waals surface area contributed by atoms with Gasteiger partial charge in [0, 0.05) is 21.7 Å². The molecule has 2 aromatic carbocycles. The first-order valence-electron chi connectivity index (χ1n) is 6.83. The third-order valence-electron chi connectivity index (χ3n) is 3.25. The topological polar surface area (TPSA) is 46.2 Å². The van der Waals surface area contributed by atoms with Crippen LogP contribution in [0.25, 0.3) is 0 Å². The van der Waals surface area contributed by atoms with Crippen molar-refractivity contribution < 1.29 is 18.4 Å². The van der Waals surface area contributed by atoms with E-state index in [0.29, 0.717) is 11.3 Å². The fourth-order valence-corrected chi connectivity index (χ4v) is 2.32. The summed E-state index contributed by atoms with van der Waals surface area (Å²) in [6, 6.07) is 12.5. The number of benzene rings is 2. The van der Waals surface area contributed by atoms with Crippen LogP contribution in [0.2, 0.25) is 0 Å². The Kier molecular flexibility index (Phi) is 5.46. The zero-order valence-corrected chi connectivity index (χ0v) is 14.4. The SMILES string of the molecule is CC(=O)C(F)(F)c1ccc(CC(=O)Nc2ccc(I)cc2)cc1. The highest BCUT2D eigenvalue weighted by Crippen LogP contribution is 2.29. The molecule has 2 rings (SSSR count). The first-order chi connectivity index (χ1) is 10.8. The number of anilines is 1. The molecule has 0 aliphatic carbocycles. The predicted octanol–water partition coefficient (Wildman–Crippen LogP) is 4.15. The Morgan fingerprint density at radius 1 is 1.04 bits per heavy atom. The first kappa shape index (κ1) is 17.5. The van der Waals surface area contributed by atoms with Crippen molar-refractivity contribution in [3.8, 4) is 0 Å². The number of nitrogens with one attached hydrogen (secondary N) is 1. The summed E-state index contributed by atoms with van der Waals surface area (Å²) < 4.78 is 28.2. The number of Topliss-reactive ketones (excluding diaryl/α,β-unsaturated/α-hetero) is 1. The van der Waals surface area contributed by atoms with Crippen molar-refractivity contribution in [2.24, 2.45) is 0 Å². The van der Waals surface area contributed by atoms with Gasteiger partial charge in [0.05, 0.1) is 6.42 Å². The number of rotatable bonds is 5. The van der Waals surface area contributed by atoms with Crippen LogP contribution in [0.4, 0.5) is 14.5 Å². The van der Waals surface area contributed by atoms with E-state index in [1.807, 2.05) is 12.1 Å². The molecule has 6 heteroatoms. The van der Waals surface area contributed by atoms with Gasteiger partial charge in [0.25, 0.3) is 0 Å². The molecule has 0 aliphatic heterocycles. The van der Waals surface area contributed by atoms with E-state index in [1.54, 1.807) is 12.1 Å². The van der Waals surface area contributed by atoms with Crippen LogP contribution in [0.15, 0.2) is 48.5 Å². The van der Waals surface area contributed by atoms with Crippen molar-refractivity contribution in [2.75, 3.05) is 5.32 Å². The molecule has 120 valence electrons. The number of carbonyl (C=O) groups excluding carboxylic acids is 2. The molecule has 0 unspecified atom stereocenters. The van der Waals surface area contributed by atoms with E-state index >= 15 is 0 Å². The second kappa shape index (κ2) is 7.16. The number of halogens is 3. The minimum absolute atomic E-state index is 0.0674. The lowest BCUT2D eigenvalue weighted by Crippen LogP contribution is -2.23. The number of carbonyl (C=O) groups is 2. The summed E-state index contributed by atoms with van der Waals surface area (Å²) in [5, 5.41) is 2.74. The second-order valence-corrected chi connectivity index (χ2v) is 6.30. The number of alkyl halides is 2. The minimum Gasteiger partial charge on any atom is -0.326 e. The van der Waals surface area contributed by atoms with E-state index in [4.69, 9.17) is 0 Å². The molecule has 0 saturated heterocycles. The molecule has 0 radical (unpaired) electrons. The zero-order valence-electron chi connectivity index (χ0n) is 12.3. The Bertz CT molecular complexity index is 712. The lowest BCUT2D eigenvalue weighted by atomic mass is 10.0. The Balaban J connectivity index is 2.02. The van der Waals surface area contributed by atoms with Crippen molar-refractivity contribution in [2.45, 2.75) is 19.3 Å². The lowest BCUT2D eigenvalue weighted by molar-refractivity contribution is -0.141. The maximum Gasteiger partial charge on any atom is 0.330 e. The third-order valence-corrected chi connectivity index (χ3v) is 3.97. The van der Waals surface area contributed by atoms with Crippen molar-refractivity contribution in [3.05, 3.63) is 63.2 Å². The van der Waals surface area contributed by atoms with Crippen LogP contribution < -0.4 is 5.32 Å². The molecule has 0 fully saturated rings. The smallest absolute Gasteiger partial charge is 0.326 e. The van der Waals surface area contributed by atoms with Crippen molar-refractivity contribution >= 4 is 40.0 Å². The molecule has 0 spiro atoms. The molecule has 0 bridgehead atoms. The van der Waals surface area contributed by atoms with Gasteiger partial charge in [-0.1, -0.05) is 24.3 Å². The van der Waals surface area contributed by atoms with Gasteiger partial charge in [-0.05, 0) is 52.4 Å². The van der Waals surface area contributed by atoms with Crippen LogP contribution in [0, 0.1) is 3.57 Å². The van der Waals surface area contributed by atoms with E-state index in [0.717, 1.165) is 10.5 Å². The van der Waals surface area contributed by atoms with E-state index in [-0.39, 0.29) is 17.9 Å². The van der Waals surface area contributed by atoms with Gasteiger partial charge in [0.15, 0.2) is 0 Å². The molecular formula is C17H14F2INO2. The van der Waals surface area contributed by atoms with Crippen LogP contribution in [-0.4, -0.2) is 11.7 Å². The van der Waals surface area contributed by atoms with Gasteiger partial charge < -0.3 is 5.32 Å². The molecule has 1 N–H and O–H groups in total. The lowest BCUT2D eigenvalue weighted by Gasteiger charge is -2.13. The van der Waals surface area contributed by atoms with Crippen molar-refractivity contribution in [1.29, 1.82) is 0 Å². The molecule has 0 heterocycles. The van der Waals surface area contributed by atoms with Crippen LogP contribution in [0.1, 0.15) is 18.1 Å². The molecule has 0 aromatic heterocycles. The van der Waals surface area contributed by atoms with Crippen LogP contribution in [-0.2, 0) is 21.9 Å². The molecule has 0 atom stereocenters. The first-order valence-corrected chi connectivity index (χ1v) is 7.90. The highest BCUT2D eigenvalue weighted by Gasteiger charge is 2.37. The maximum absolute atomic E-state index is 13.6. The molecule has 0 aliphatic rings. The Morgan fingerprint density at radius 3 is 2.13 bits per heavy atom. The van der Waals surface area contributed by atoms with Gasteiger partial charge in [-0.2, -0.15) is 8.78 Å². The summed E-state index contributed by atoms with van der Waals surface area (Å²) in [6.07, 6.45) is 0.0674. The zero-order chi connectivity index (χ0) is 17.0. The average molecular weight is 429 g/mol. The fourth-order valence-electron chi connectivity index (χ4n) is 1.96. The van der Waals surface area contributed by atoms with E-state index in [2.05, 4.69) is 27.9 Å². The predicted molar refractivity (Wildman–Crippen MR) is 92.5 cm³/mol. The van der Waals surface area contributed by atoms with Gasteiger partial charge in [-0.15, -0.1) is 0 Å². The van der Waals surface area contributed by atoms with Gasteiger partial charge in [0.1, 0.15) is 0 Å². The summed E-state index contributed by atoms with van der Waals surface area (Å²) in [5.41, 5.74) is 0.901. The van der Waals surface area contributed by atoms with Crippen LogP contribution >= 0.6 is 22.6 Å². The highest BCUT2D eigenvalue weighted by molar-refractivity contribution is 14.1. The molecule has 2 aromatic rings. The van der Waals surface area contributed by atoms with Gasteiger partial charge >= 0.3 is 5.92 Å². The summed E-state index contributed by atoms with van der Waals surface area (Å²) in [7, 11) is 0. The number of hydrogen-bond acceptors (Lipinski definition) is 2. The van der Waals surface area contributed by atoms with Crippen LogP contribution in [0.5, 0.6) is 0 Å². The van der Waals surface area contributed by atoms with Gasteiger partial charge in [-0.3, -0.25) is 9.59 Å². The average Bonchev–Trinajstić information content (AvgIpc) is 2.50. The Hall–Kier alpha value is -1.83. The summed E-state index contributed by atoms with van der Waals surface area (Å²) in [4.78, 5) is 22.9. The van der Waals surface area contributed by atoms with E-state index in [1.165, 1.54) is 24.3 Å². The second-order valence-electron chi connectivity index (χ2n) is 5.06. The Morgan fingerprint density at radius 2 is 1.61 bits per heavy atom. The quantitative estimate of drug-likeness (QED) is 0.727.